The van der Waals surface area contributed by atoms with E-state index in [0.29, 0.717) is 50.3 Å². The third-order valence-corrected chi connectivity index (χ3v) is 4.92. The molecule has 34 heavy (non-hydrogen) atoms. The molecular formula is C26H34N4O4. The second kappa shape index (κ2) is 14.5. The number of carbonyl (C=O) groups is 2. The molecular weight excluding hydrogens is 432 g/mol. The highest BCUT2D eigenvalue weighted by molar-refractivity contribution is 5.99. The van der Waals surface area contributed by atoms with Crippen LogP contribution in [0.25, 0.3) is 0 Å². The summed E-state index contributed by atoms with van der Waals surface area (Å²) in [7, 11) is 0. The molecule has 0 aromatic heterocycles. The van der Waals surface area contributed by atoms with Crippen LogP contribution in [-0.4, -0.2) is 36.5 Å². The normalized spacial score (nSPS) is 11.6. The monoisotopic (exact) mass is 466 g/mol. The first kappa shape index (κ1) is 26.6. The largest absolute Gasteiger partial charge is 0.494 e. The fourth-order valence-electron chi connectivity index (χ4n) is 3.02. The second-order valence-corrected chi connectivity index (χ2v) is 7.59. The molecule has 2 aromatic carbocycles. The van der Waals surface area contributed by atoms with E-state index in [1.54, 1.807) is 0 Å². The maximum absolute atomic E-state index is 12.0. The highest BCUT2D eigenvalue weighted by Crippen LogP contribution is 2.13. The molecule has 2 rings (SSSR count). The zero-order valence-electron chi connectivity index (χ0n) is 20.4. The summed E-state index contributed by atoms with van der Waals surface area (Å²) >= 11 is 0. The average molecular weight is 467 g/mol. The van der Waals surface area contributed by atoms with Gasteiger partial charge in [0.15, 0.2) is 0 Å². The highest BCUT2D eigenvalue weighted by atomic mass is 16.5. The number of hydrogen-bond acceptors (Lipinski definition) is 6. The van der Waals surface area contributed by atoms with Crippen LogP contribution in [-0.2, 0) is 9.59 Å². The molecule has 0 bridgehead atoms. The van der Waals surface area contributed by atoms with Crippen LogP contribution in [0.4, 0.5) is 0 Å². The fourth-order valence-corrected chi connectivity index (χ4v) is 3.02. The summed E-state index contributed by atoms with van der Waals surface area (Å²) in [4.78, 5) is 24.1. The van der Waals surface area contributed by atoms with Crippen molar-refractivity contribution in [2.75, 3.05) is 13.2 Å². The molecule has 0 atom stereocenters. The molecule has 2 aromatic rings. The predicted molar refractivity (Wildman–Crippen MR) is 134 cm³/mol. The van der Waals surface area contributed by atoms with Gasteiger partial charge in [-0.25, -0.2) is 10.9 Å². The van der Waals surface area contributed by atoms with Gasteiger partial charge in [0, 0.05) is 12.8 Å². The summed E-state index contributed by atoms with van der Waals surface area (Å²) in [5, 5.41) is 8.30. The quantitative estimate of drug-likeness (QED) is 0.259. The number of unbranched alkanes of at least 4 members (excludes halogenated alkanes) is 1. The molecule has 0 heterocycles. The maximum Gasteiger partial charge on any atom is 0.240 e. The Labute approximate surface area is 201 Å². The summed E-state index contributed by atoms with van der Waals surface area (Å²) in [6, 6.07) is 15.1. The van der Waals surface area contributed by atoms with E-state index in [1.165, 1.54) is 0 Å². The summed E-state index contributed by atoms with van der Waals surface area (Å²) in [5.74, 6) is 1.22. The van der Waals surface area contributed by atoms with Crippen LogP contribution in [0, 0.1) is 0 Å². The lowest BCUT2D eigenvalue weighted by Gasteiger charge is -2.06. The lowest BCUT2D eigenvalue weighted by Crippen LogP contribution is -2.20. The van der Waals surface area contributed by atoms with Crippen molar-refractivity contribution in [3.63, 3.8) is 0 Å². The van der Waals surface area contributed by atoms with E-state index in [4.69, 9.17) is 9.47 Å². The summed E-state index contributed by atoms with van der Waals surface area (Å²) in [5.41, 5.74) is 8.35. The number of rotatable bonds is 13. The van der Waals surface area contributed by atoms with Gasteiger partial charge in [-0.15, -0.1) is 0 Å². The van der Waals surface area contributed by atoms with E-state index in [1.807, 2.05) is 76.2 Å². The molecule has 2 amide bonds. The number of benzene rings is 2. The Balaban J connectivity index is 1.67. The minimum Gasteiger partial charge on any atom is -0.494 e. The Morgan fingerprint density at radius 3 is 1.35 bits per heavy atom. The number of nitrogens with one attached hydrogen (secondary N) is 2. The van der Waals surface area contributed by atoms with Gasteiger partial charge in [0.25, 0.3) is 0 Å². The van der Waals surface area contributed by atoms with Crippen LogP contribution < -0.4 is 20.3 Å². The molecule has 0 saturated carbocycles. The topological polar surface area (TPSA) is 101 Å². The summed E-state index contributed by atoms with van der Waals surface area (Å²) in [6.45, 7) is 8.75. The van der Waals surface area contributed by atoms with Gasteiger partial charge in [0.05, 0.1) is 24.6 Å². The highest BCUT2D eigenvalue weighted by Gasteiger charge is 2.05. The molecule has 0 spiro atoms. The van der Waals surface area contributed by atoms with Crippen molar-refractivity contribution in [2.45, 2.75) is 53.4 Å². The van der Waals surface area contributed by atoms with Gasteiger partial charge in [-0.2, -0.15) is 10.2 Å². The lowest BCUT2D eigenvalue weighted by molar-refractivity contribution is -0.123. The van der Waals surface area contributed by atoms with Gasteiger partial charge in [-0.1, -0.05) is 0 Å². The first-order valence-electron chi connectivity index (χ1n) is 11.6. The van der Waals surface area contributed by atoms with Crippen molar-refractivity contribution in [2.24, 2.45) is 10.2 Å². The van der Waals surface area contributed by atoms with Crippen LogP contribution in [0.3, 0.4) is 0 Å². The molecule has 0 unspecified atom stereocenters. The van der Waals surface area contributed by atoms with Gasteiger partial charge in [0.1, 0.15) is 11.5 Å². The van der Waals surface area contributed by atoms with Crippen LogP contribution in [0.2, 0.25) is 0 Å². The first-order valence-corrected chi connectivity index (χ1v) is 11.6. The van der Waals surface area contributed by atoms with E-state index in [9.17, 15) is 9.59 Å². The minimum absolute atomic E-state index is 0.185. The lowest BCUT2D eigenvalue weighted by atomic mass is 10.1. The Morgan fingerprint density at radius 2 is 1.03 bits per heavy atom. The van der Waals surface area contributed by atoms with Crippen LogP contribution in [0.5, 0.6) is 11.5 Å². The van der Waals surface area contributed by atoms with E-state index < -0.39 is 0 Å². The van der Waals surface area contributed by atoms with Crippen molar-refractivity contribution in [3.8, 4) is 11.5 Å². The minimum atomic E-state index is -0.185. The smallest absolute Gasteiger partial charge is 0.240 e. The van der Waals surface area contributed by atoms with Gasteiger partial charge in [-0.05, 0) is 100 Å². The maximum atomic E-state index is 12.0. The standard InChI is InChI=1S/C26H34N4O4/c1-5-33-23-15-11-21(12-16-23)19(3)27-29-25(31)9-7-8-10-26(32)30-28-20(4)22-13-17-24(18-14-22)34-6-2/h11-18H,5-10H2,1-4H3,(H,29,31)(H,30,32). The number of amides is 2. The van der Waals surface area contributed by atoms with Crippen LogP contribution in [0.1, 0.15) is 64.5 Å². The van der Waals surface area contributed by atoms with Crippen molar-refractivity contribution in [3.05, 3.63) is 59.7 Å². The average Bonchev–Trinajstić information content (AvgIpc) is 2.85. The molecule has 0 saturated heterocycles. The zero-order valence-corrected chi connectivity index (χ0v) is 20.4. The van der Waals surface area contributed by atoms with E-state index in [-0.39, 0.29) is 11.8 Å². The first-order chi connectivity index (χ1) is 16.4. The Morgan fingerprint density at radius 1 is 0.676 bits per heavy atom. The third kappa shape index (κ3) is 9.44. The number of ether oxygens (including phenoxy) is 2. The van der Waals surface area contributed by atoms with Crippen LogP contribution in [0.15, 0.2) is 58.7 Å². The number of carbonyl (C=O) groups excluding carboxylic acids is 2. The van der Waals surface area contributed by atoms with Gasteiger partial charge in [0.2, 0.25) is 11.8 Å². The van der Waals surface area contributed by atoms with Crippen molar-refractivity contribution >= 4 is 23.2 Å². The summed E-state index contributed by atoms with van der Waals surface area (Å²) in [6.07, 6.45) is 1.75. The van der Waals surface area contributed by atoms with E-state index in [2.05, 4.69) is 21.1 Å². The number of hydrazone groups is 2. The number of nitrogens with zero attached hydrogens (tertiary/aromatic N) is 2. The molecule has 8 heteroatoms. The SMILES string of the molecule is CCOc1ccc(C(C)=NNC(=O)CCCCC(=O)NN=C(C)c2ccc(OCC)cc2)cc1. The fraction of sp³-hybridized carbons (Fsp3) is 0.385. The van der Waals surface area contributed by atoms with Gasteiger partial charge < -0.3 is 9.47 Å². The van der Waals surface area contributed by atoms with E-state index in [0.717, 1.165) is 22.6 Å². The zero-order chi connectivity index (χ0) is 24.8. The Hall–Kier alpha value is -3.68. The van der Waals surface area contributed by atoms with E-state index >= 15 is 0 Å². The molecule has 8 nitrogen and oxygen atoms in total. The third-order valence-electron chi connectivity index (χ3n) is 4.92. The second-order valence-electron chi connectivity index (χ2n) is 7.59. The molecule has 0 radical (unpaired) electrons. The van der Waals surface area contributed by atoms with Crippen molar-refractivity contribution in [1.29, 1.82) is 0 Å². The Kier molecular flexibility index (Phi) is 11.3. The molecule has 182 valence electrons. The molecule has 0 aliphatic rings. The van der Waals surface area contributed by atoms with Gasteiger partial charge >= 0.3 is 0 Å². The molecule has 0 aliphatic carbocycles. The Bertz CT molecular complexity index is 901. The molecule has 0 aliphatic heterocycles. The van der Waals surface area contributed by atoms with Gasteiger partial charge in [-0.3, -0.25) is 9.59 Å². The summed E-state index contributed by atoms with van der Waals surface area (Å²) < 4.78 is 10.8. The van der Waals surface area contributed by atoms with Crippen molar-refractivity contribution in [1.82, 2.24) is 10.9 Å². The van der Waals surface area contributed by atoms with Crippen LogP contribution >= 0.6 is 0 Å². The predicted octanol–water partition coefficient (Wildman–Crippen LogP) is 4.43. The number of hydrogen-bond donors (Lipinski definition) is 2. The molecule has 0 fully saturated rings. The molecule has 2 N–H and O–H groups in total. The van der Waals surface area contributed by atoms with Crippen molar-refractivity contribution < 1.29 is 19.1 Å².